The molecule has 29 heavy (non-hydrogen) atoms. The number of hydrogen-bond donors (Lipinski definition) is 1. The fourth-order valence-electron chi connectivity index (χ4n) is 2.84. The van der Waals surface area contributed by atoms with Crippen LogP contribution in [-0.2, 0) is 6.54 Å². The van der Waals surface area contributed by atoms with Crippen LogP contribution in [0.4, 0.5) is 5.13 Å². The molecule has 1 N–H and O–H groups in total. The van der Waals surface area contributed by atoms with E-state index in [0.29, 0.717) is 23.1 Å². The molecule has 2 aromatic heterocycles. The molecule has 1 amide bonds. The zero-order valence-corrected chi connectivity index (χ0v) is 16.7. The minimum atomic E-state index is -0.242. The van der Waals surface area contributed by atoms with Crippen LogP contribution in [0.3, 0.4) is 0 Å². The number of aryl methyl sites for hydroxylation is 1. The minimum absolute atomic E-state index is 0.242. The van der Waals surface area contributed by atoms with E-state index >= 15 is 0 Å². The summed E-state index contributed by atoms with van der Waals surface area (Å²) >= 11 is 1.37. The maximum atomic E-state index is 12.7. The first-order chi connectivity index (χ1) is 14.2. The zero-order valence-electron chi connectivity index (χ0n) is 15.9. The van der Waals surface area contributed by atoms with Crippen LogP contribution in [-0.4, -0.2) is 38.2 Å². The molecule has 2 heterocycles. The van der Waals surface area contributed by atoms with Crippen molar-refractivity contribution in [2.45, 2.75) is 13.5 Å². The Morgan fingerprint density at radius 1 is 1.17 bits per heavy atom. The number of carbonyl (C=O) groups excluding carboxylic acids is 1. The normalized spacial score (nSPS) is 10.7. The Labute approximate surface area is 171 Å². The Morgan fingerprint density at radius 2 is 2.00 bits per heavy atom. The van der Waals surface area contributed by atoms with Gasteiger partial charge in [0.1, 0.15) is 5.75 Å². The highest BCUT2D eigenvalue weighted by molar-refractivity contribution is 7.14. The molecule has 0 unspecified atom stereocenters. The molecule has 0 atom stereocenters. The summed E-state index contributed by atoms with van der Waals surface area (Å²) in [4.78, 5) is 17.2. The second-order valence-electron chi connectivity index (χ2n) is 6.12. The van der Waals surface area contributed by atoms with Crippen molar-refractivity contribution < 1.29 is 9.53 Å². The molecule has 0 radical (unpaired) electrons. The third-order valence-corrected chi connectivity index (χ3v) is 5.06. The molecular formula is C20H18N6O2S. The Hall–Kier alpha value is -3.59. The van der Waals surface area contributed by atoms with Crippen LogP contribution in [0.1, 0.15) is 17.3 Å². The highest BCUT2D eigenvalue weighted by atomic mass is 32.1. The Bertz CT molecular complexity index is 1150. The third-order valence-electron chi connectivity index (χ3n) is 4.30. The molecule has 0 aliphatic carbocycles. The number of ether oxygens (including phenoxy) is 1. The molecule has 146 valence electrons. The van der Waals surface area contributed by atoms with Crippen LogP contribution in [0.2, 0.25) is 0 Å². The molecular weight excluding hydrogens is 388 g/mol. The molecule has 0 saturated carbocycles. The van der Waals surface area contributed by atoms with Crippen molar-refractivity contribution >= 4 is 22.4 Å². The average molecular weight is 406 g/mol. The van der Waals surface area contributed by atoms with Gasteiger partial charge in [0, 0.05) is 28.6 Å². The SMILES string of the molecule is CCn1nnnc1-c1cccc(C(=O)Nc2nc(-c3cccc(OC)c3)cs2)c1. The number of nitrogens with zero attached hydrogens (tertiary/aromatic N) is 5. The van der Waals surface area contributed by atoms with E-state index in [0.717, 1.165) is 22.6 Å². The van der Waals surface area contributed by atoms with Crippen LogP contribution in [0.15, 0.2) is 53.9 Å². The molecule has 0 aliphatic rings. The van der Waals surface area contributed by atoms with Gasteiger partial charge in [-0.2, -0.15) is 0 Å². The van der Waals surface area contributed by atoms with E-state index in [9.17, 15) is 4.79 Å². The average Bonchev–Trinajstić information content (AvgIpc) is 3.43. The summed E-state index contributed by atoms with van der Waals surface area (Å²) in [6, 6.07) is 14.8. The summed E-state index contributed by atoms with van der Waals surface area (Å²) in [7, 11) is 1.62. The van der Waals surface area contributed by atoms with Crippen molar-refractivity contribution in [1.29, 1.82) is 0 Å². The van der Waals surface area contributed by atoms with Crippen LogP contribution in [0, 0.1) is 0 Å². The lowest BCUT2D eigenvalue weighted by Crippen LogP contribution is -2.12. The van der Waals surface area contributed by atoms with Crippen molar-refractivity contribution in [3.8, 4) is 28.4 Å². The van der Waals surface area contributed by atoms with Crippen molar-refractivity contribution in [1.82, 2.24) is 25.2 Å². The molecule has 0 saturated heterocycles. The van der Waals surface area contributed by atoms with Gasteiger partial charge in [0.2, 0.25) is 0 Å². The lowest BCUT2D eigenvalue weighted by molar-refractivity contribution is 0.102. The summed E-state index contributed by atoms with van der Waals surface area (Å²) in [5.74, 6) is 1.14. The first kappa shape index (κ1) is 18.8. The van der Waals surface area contributed by atoms with Crippen molar-refractivity contribution in [3.63, 3.8) is 0 Å². The number of hydrogen-bond acceptors (Lipinski definition) is 7. The number of anilines is 1. The molecule has 4 aromatic rings. The Kier molecular flexibility index (Phi) is 5.30. The van der Waals surface area contributed by atoms with Crippen molar-refractivity contribution in [3.05, 3.63) is 59.5 Å². The van der Waals surface area contributed by atoms with Crippen LogP contribution in [0.25, 0.3) is 22.6 Å². The number of thiazole rings is 1. The fraction of sp³-hybridized carbons (Fsp3) is 0.150. The first-order valence-corrected chi connectivity index (χ1v) is 9.84. The quantitative estimate of drug-likeness (QED) is 0.524. The molecule has 0 spiro atoms. The van der Waals surface area contributed by atoms with E-state index < -0.39 is 0 Å². The van der Waals surface area contributed by atoms with E-state index in [-0.39, 0.29) is 5.91 Å². The van der Waals surface area contributed by atoms with Gasteiger partial charge in [-0.25, -0.2) is 9.67 Å². The van der Waals surface area contributed by atoms with Gasteiger partial charge >= 0.3 is 0 Å². The van der Waals surface area contributed by atoms with E-state index in [4.69, 9.17) is 4.74 Å². The van der Waals surface area contributed by atoms with Crippen LogP contribution >= 0.6 is 11.3 Å². The van der Waals surface area contributed by atoms with Crippen molar-refractivity contribution in [2.24, 2.45) is 0 Å². The second-order valence-corrected chi connectivity index (χ2v) is 6.98. The van der Waals surface area contributed by atoms with Gasteiger partial charge in [-0.3, -0.25) is 10.1 Å². The topological polar surface area (TPSA) is 94.8 Å². The Balaban J connectivity index is 1.53. The number of aromatic nitrogens is 5. The van der Waals surface area contributed by atoms with Gasteiger partial charge in [0.05, 0.1) is 12.8 Å². The number of rotatable bonds is 6. The summed E-state index contributed by atoms with van der Waals surface area (Å²) in [5.41, 5.74) is 2.99. The lowest BCUT2D eigenvalue weighted by Gasteiger charge is -2.05. The van der Waals surface area contributed by atoms with Gasteiger partial charge < -0.3 is 4.74 Å². The zero-order chi connectivity index (χ0) is 20.2. The lowest BCUT2D eigenvalue weighted by atomic mass is 10.1. The maximum absolute atomic E-state index is 12.7. The monoisotopic (exact) mass is 406 g/mol. The number of nitrogens with one attached hydrogen (secondary N) is 1. The van der Waals surface area contributed by atoms with Crippen LogP contribution < -0.4 is 10.1 Å². The first-order valence-electron chi connectivity index (χ1n) is 8.96. The summed E-state index contributed by atoms with van der Waals surface area (Å²) in [6.45, 7) is 2.60. The van der Waals surface area contributed by atoms with Gasteiger partial charge in [0.15, 0.2) is 11.0 Å². The molecule has 4 rings (SSSR count). The number of carbonyl (C=O) groups is 1. The molecule has 0 bridgehead atoms. The maximum Gasteiger partial charge on any atom is 0.257 e. The number of tetrazole rings is 1. The highest BCUT2D eigenvalue weighted by Crippen LogP contribution is 2.28. The fourth-order valence-corrected chi connectivity index (χ4v) is 3.55. The molecule has 0 fully saturated rings. The molecule has 0 aliphatic heterocycles. The van der Waals surface area contributed by atoms with E-state index in [1.165, 1.54) is 11.3 Å². The summed E-state index contributed by atoms with van der Waals surface area (Å²) < 4.78 is 6.93. The predicted octanol–water partition coefficient (Wildman–Crippen LogP) is 3.74. The summed E-state index contributed by atoms with van der Waals surface area (Å²) in [5, 5.41) is 17.0. The molecule has 8 nitrogen and oxygen atoms in total. The van der Waals surface area contributed by atoms with E-state index in [1.807, 2.05) is 48.7 Å². The van der Waals surface area contributed by atoms with E-state index in [1.54, 1.807) is 23.9 Å². The highest BCUT2D eigenvalue weighted by Gasteiger charge is 2.13. The predicted molar refractivity (Wildman–Crippen MR) is 111 cm³/mol. The number of amides is 1. The van der Waals surface area contributed by atoms with Crippen LogP contribution in [0.5, 0.6) is 5.75 Å². The largest absolute Gasteiger partial charge is 0.497 e. The summed E-state index contributed by atoms with van der Waals surface area (Å²) in [6.07, 6.45) is 0. The van der Waals surface area contributed by atoms with Gasteiger partial charge in [-0.05, 0) is 41.6 Å². The van der Waals surface area contributed by atoms with Gasteiger partial charge in [0.25, 0.3) is 5.91 Å². The number of methoxy groups -OCH3 is 1. The standard InChI is InChI=1S/C20H18N6O2S/c1-3-26-18(23-24-25-26)14-7-4-8-15(10-14)19(27)22-20-21-17(12-29-20)13-6-5-9-16(11-13)28-2/h4-12H,3H2,1-2H3,(H,21,22,27). The molecule has 9 heteroatoms. The van der Waals surface area contributed by atoms with Gasteiger partial charge in [-0.15, -0.1) is 16.4 Å². The number of benzene rings is 2. The second kappa shape index (κ2) is 8.19. The third kappa shape index (κ3) is 3.99. The smallest absolute Gasteiger partial charge is 0.257 e. The Morgan fingerprint density at radius 3 is 2.83 bits per heavy atom. The minimum Gasteiger partial charge on any atom is -0.497 e. The molecule has 2 aromatic carbocycles. The van der Waals surface area contributed by atoms with Crippen molar-refractivity contribution in [2.75, 3.05) is 12.4 Å². The van der Waals surface area contributed by atoms with E-state index in [2.05, 4.69) is 25.8 Å². The van der Waals surface area contributed by atoms with Gasteiger partial charge in [-0.1, -0.05) is 24.3 Å².